The molecule has 8 nitrogen and oxygen atoms in total. The van der Waals surface area contributed by atoms with Gasteiger partial charge in [0.25, 0.3) is 0 Å². The molecule has 0 aliphatic carbocycles. The van der Waals surface area contributed by atoms with Gasteiger partial charge < -0.3 is 10.1 Å². The predicted octanol–water partition coefficient (Wildman–Crippen LogP) is 5.36. The molecule has 9 heteroatoms. The molecule has 34 heavy (non-hydrogen) atoms. The number of likely N-dealkylation sites (tertiary alicyclic amines) is 1. The molecule has 1 atom stereocenters. The van der Waals surface area contributed by atoms with Gasteiger partial charge in [-0.15, -0.1) is 0 Å². The van der Waals surface area contributed by atoms with Crippen molar-refractivity contribution in [1.29, 1.82) is 0 Å². The van der Waals surface area contributed by atoms with Crippen LogP contribution in [0.2, 0.25) is 0 Å². The van der Waals surface area contributed by atoms with Crippen molar-refractivity contribution in [2.45, 2.75) is 38.5 Å². The summed E-state index contributed by atoms with van der Waals surface area (Å²) in [6.45, 7) is 1.49. The molecule has 1 aliphatic rings. The SMILES string of the molecule is O=C(OCc1ccccc1)N1CCCCC1c1cc(NCc2cccnc2)n2ncc(Br)c2n1. The topological polar surface area (TPSA) is 84.7 Å². The molecule has 1 aliphatic heterocycles. The third-order valence-corrected chi connectivity index (χ3v) is 6.49. The van der Waals surface area contributed by atoms with Gasteiger partial charge in [0.2, 0.25) is 0 Å². The lowest BCUT2D eigenvalue weighted by Crippen LogP contribution is -2.39. The Morgan fingerprint density at radius 1 is 1.12 bits per heavy atom. The van der Waals surface area contributed by atoms with Crippen molar-refractivity contribution in [2.75, 3.05) is 11.9 Å². The van der Waals surface area contributed by atoms with Gasteiger partial charge in [-0.3, -0.25) is 9.88 Å². The van der Waals surface area contributed by atoms with Crippen LogP contribution in [0.25, 0.3) is 5.65 Å². The zero-order chi connectivity index (χ0) is 23.3. The van der Waals surface area contributed by atoms with E-state index >= 15 is 0 Å². The first kappa shape index (κ1) is 22.3. The molecule has 0 saturated carbocycles. The van der Waals surface area contributed by atoms with Gasteiger partial charge in [0.1, 0.15) is 12.4 Å². The van der Waals surface area contributed by atoms with Crippen molar-refractivity contribution >= 4 is 33.5 Å². The minimum absolute atomic E-state index is 0.164. The van der Waals surface area contributed by atoms with Crippen molar-refractivity contribution in [3.63, 3.8) is 0 Å². The molecular weight excluding hydrogens is 496 g/mol. The molecule has 1 unspecified atom stereocenters. The van der Waals surface area contributed by atoms with Crippen LogP contribution in [0.3, 0.4) is 0 Å². The number of hydrogen-bond acceptors (Lipinski definition) is 6. The van der Waals surface area contributed by atoms with Crippen LogP contribution < -0.4 is 5.32 Å². The smallest absolute Gasteiger partial charge is 0.410 e. The Morgan fingerprint density at radius 2 is 1.97 bits per heavy atom. The highest BCUT2D eigenvalue weighted by Gasteiger charge is 2.31. The summed E-state index contributed by atoms with van der Waals surface area (Å²) >= 11 is 3.56. The quantitative estimate of drug-likeness (QED) is 0.368. The Bertz CT molecular complexity index is 1260. The number of piperidine rings is 1. The Hall–Kier alpha value is -3.46. The van der Waals surface area contributed by atoms with Crippen LogP contribution in [0.4, 0.5) is 10.6 Å². The number of ether oxygens (including phenoxy) is 1. The van der Waals surface area contributed by atoms with Crippen LogP contribution in [0.5, 0.6) is 0 Å². The fourth-order valence-electron chi connectivity index (χ4n) is 4.21. The number of anilines is 1. The maximum Gasteiger partial charge on any atom is 0.410 e. The van der Waals surface area contributed by atoms with Gasteiger partial charge in [0, 0.05) is 31.5 Å². The van der Waals surface area contributed by atoms with Crippen LogP contribution in [0.15, 0.2) is 71.6 Å². The molecule has 0 radical (unpaired) electrons. The third-order valence-electron chi connectivity index (χ3n) is 5.93. The van der Waals surface area contributed by atoms with Gasteiger partial charge in [-0.2, -0.15) is 9.61 Å². The Balaban J connectivity index is 1.40. The molecule has 1 fully saturated rings. The Kier molecular flexibility index (Phi) is 6.71. The molecule has 174 valence electrons. The van der Waals surface area contributed by atoms with E-state index in [4.69, 9.17) is 9.72 Å². The summed E-state index contributed by atoms with van der Waals surface area (Å²) in [6, 6.07) is 15.5. The Labute approximate surface area is 206 Å². The first-order valence-corrected chi connectivity index (χ1v) is 12.1. The van der Waals surface area contributed by atoms with Crippen molar-refractivity contribution < 1.29 is 9.53 Å². The van der Waals surface area contributed by atoms with E-state index in [0.717, 1.165) is 46.4 Å². The summed E-state index contributed by atoms with van der Waals surface area (Å²) < 4.78 is 8.23. The van der Waals surface area contributed by atoms with Crippen LogP contribution in [-0.4, -0.2) is 37.1 Å². The van der Waals surface area contributed by atoms with E-state index in [2.05, 4.69) is 31.3 Å². The number of pyridine rings is 1. The third kappa shape index (κ3) is 4.89. The monoisotopic (exact) mass is 520 g/mol. The number of hydrogen-bond donors (Lipinski definition) is 1. The van der Waals surface area contributed by atoms with Crippen molar-refractivity contribution in [1.82, 2.24) is 24.5 Å². The van der Waals surface area contributed by atoms with E-state index in [-0.39, 0.29) is 18.7 Å². The summed E-state index contributed by atoms with van der Waals surface area (Å²) in [7, 11) is 0. The second-order valence-corrected chi connectivity index (χ2v) is 9.11. The summed E-state index contributed by atoms with van der Waals surface area (Å²) in [5.41, 5.74) is 3.55. The molecule has 0 bridgehead atoms. The number of nitrogens with zero attached hydrogens (tertiary/aromatic N) is 5. The molecule has 4 aromatic rings. The first-order chi connectivity index (χ1) is 16.7. The average Bonchev–Trinajstić information content (AvgIpc) is 3.27. The minimum Gasteiger partial charge on any atom is -0.445 e. The van der Waals surface area contributed by atoms with E-state index in [1.165, 1.54) is 0 Å². The van der Waals surface area contributed by atoms with E-state index < -0.39 is 0 Å². The second kappa shape index (κ2) is 10.2. The fourth-order valence-corrected chi connectivity index (χ4v) is 4.55. The van der Waals surface area contributed by atoms with Crippen molar-refractivity contribution in [2.24, 2.45) is 0 Å². The molecule has 1 N–H and O–H groups in total. The van der Waals surface area contributed by atoms with E-state index in [1.807, 2.05) is 54.7 Å². The number of fused-ring (bicyclic) bond motifs is 1. The number of benzene rings is 1. The number of amides is 1. The summed E-state index contributed by atoms with van der Waals surface area (Å²) in [5.74, 6) is 0.803. The number of aromatic nitrogens is 4. The Morgan fingerprint density at radius 3 is 2.79 bits per heavy atom. The molecule has 1 saturated heterocycles. The lowest BCUT2D eigenvalue weighted by atomic mass is 9.99. The molecule has 5 rings (SSSR count). The molecule has 0 spiro atoms. The highest BCUT2D eigenvalue weighted by Crippen LogP contribution is 2.33. The van der Waals surface area contributed by atoms with Crippen LogP contribution in [0, 0.1) is 0 Å². The zero-order valence-electron chi connectivity index (χ0n) is 18.6. The highest BCUT2D eigenvalue weighted by molar-refractivity contribution is 9.10. The fraction of sp³-hybridized carbons (Fsp3) is 0.280. The lowest BCUT2D eigenvalue weighted by Gasteiger charge is -2.34. The largest absolute Gasteiger partial charge is 0.445 e. The molecule has 3 aromatic heterocycles. The molecular formula is C25H25BrN6O2. The summed E-state index contributed by atoms with van der Waals surface area (Å²) in [6.07, 6.45) is 7.81. The van der Waals surface area contributed by atoms with Gasteiger partial charge in [-0.25, -0.2) is 9.78 Å². The number of carbonyl (C=O) groups is 1. The molecule has 1 amide bonds. The number of halogens is 1. The van der Waals surface area contributed by atoms with Crippen LogP contribution >= 0.6 is 15.9 Å². The van der Waals surface area contributed by atoms with Gasteiger partial charge in [-0.1, -0.05) is 36.4 Å². The highest BCUT2D eigenvalue weighted by atomic mass is 79.9. The van der Waals surface area contributed by atoms with Gasteiger partial charge in [0.15, 0.2) is 5.65 Å². The van der Waals surface area contributed by atoms with Crippen LogP contribution in [0.1, 0.15) is 42.1 Å². The average molecular weight is 521 g/mol. The van der Waals surface area contributed by atoms with Gasteiger partial charge in [0.05, 0.1) is 22.4 Å². The maximum atomic E-state index is 13.1. The van der Waals surface area contributed by atoms with Crippen molar-refractivity contribution in [3.8, 4) is 0 Å². The minimum atomic E-state index is -0.312. The number of rotatable bonds is 6. The predicted molar refractivity (Wildman–Crippen MR) is 132 cm³/mol. The van der Waals surface area contributed by atoms with Crippen LogP contribution in [-0.2, 0) is 17.9 Å². The maximum absolute atomic E-state index is 13.1. The normalized spacial score (nSPS) is 15.9. The molecule has 1 aromatic carbocycles. The summed E-state index contributed by atoms with van der Waals surface area (Å²) in [5, 5.41) is 7.91. The van der Waals surface area contributed by atoms with E-state index in [0.29, 0.717) is 18.7 Å². The van der Waals surface area contributed by atoms with Gasteiger partial charge in [-0.05, 0) is 52.4 Å². The first-order valence-electron chi connectivity index (χ1n) is 11.3. The van der Waals surface area contributed by atoms with E-state index in [9.17, 15) is 4.79 Å². The summed E-state index contributed by atoms with van der Waals surface area (Å²) in [4.78, 5) is 23.9. The molecule has 4 heterocycles. The number of carbonyl (C=O) groups excluding carboxylic acids is 1. The van der Waals surface area contributed by atoms with E-state index in [1.54, 1.807) is 21.8 Å². The second-order valence-electron chi connectivity index (χ2n) is 8.25. The standard InChI is InChI=1S/C25H25BrN6O2/c26-20-16-29-32-23(28-15-19-9-6-11-27-14-19)13-21(30-24(20)32)22-10-4-5-12-31(22)25(33)34-17-18-7-2-1-3-8-18/h1-3,6-9,11,13-14,16,22,28H,4-5,10,12,15,17H2. The number of nitrogens with one attached hydrogen (secondary N) is 1. The lowest BCUT2D eigenvalue weighted by molar-refractivity contribution is 0.0669. The zero-order valence-corrected chi connectivity index (χ0v) is 20.2. The van der Waals surface area contributed by atoms with Gasteiger partial charge >= 0.3 is 6.09 Å². The van der Waals surface area contributed by atoms with Crippen molar-refractivity contribution in [3.05, 3.63) is 88.4 Å².